The first kappa shape index (κ1) is 31.6. The molecular formula is C32H38N2O6S2. The molecule has 10 heteroatoms. The van der Waals surface area contributed by atoms with Crippen LogP contribution in [0.15, 0.2) is 72.8 Å². The lowest BCUT2D eigenvalue weighted by atomic mass is 9.93. The average Bonchev–Trinajstić information content (AvgIpc) is 3.35. The number of para-hydroxylation sites is 1. The van der Waals surface area contributed by atoms with E-state index in [-0.39, 0.29) is 18.2 Å². The maximum atomic E-state index is 13.4. The number of hydrogen-bond donors (Lipinski definition) is 2. The molecule has 0 spiro atoms. The number of likely N-dealkylation sites (tertiary alicyclic amines) is 1. The Kier molecular flexibility index (Phi) is 10.7. The molecule has 3 aromatic carbocycles. The summed E-state index contributed by atoms with van der Waals surface area (Å²) in [6.07, 6.45) is 3.98. The minimum Gasteiger partial charge on any atom is -0.492 e. The SMILES string of the molecule is CSC1C[C@@H](COc2ccccc2)N(Cc2ccc(C(=O)NC(CCS(C)(=O)=O)C(=O)O)c(-c3ccccc3C)c2)C1. The molecule has 1 heterocycles. The highest BCUT2D eigenvalue weighted by Gasteiger charge is 2.32. The van der Waals surface area contributed by atoms with Crippen molar-refractivity contribution in [1.29, 1.82) is 0 Å². The molecule has 2 N–H and O–H groups in total. The molecule has 42 heavy (non-hydrogen) atoms. The van der Waals surface area contributed by atoms with Gasteiger partial charge in [-0.05, 0) is 72.5 Å². The first-order chi connectivity index (χ1) is 20.0. The second-order valence-electron chi connectivity index (χ2n) is 10.8. The summed E-state index contributed by atoms with van der Waals surface area (Å²) in [5, 5.41) is 12.7. The number of sulfone groups is 1. The number of aryl methyl sites for hydroxylation is 1. The van der Waals surface area contributed by atoms with Crippen molar-refractivity contribution < 1.29 is 27.9 Å². The zero-order valence-corrected chi connectivity index (χ0v) is 25.8. The molecule has 3 aromatic rings. The minimum absolute atomic E-state index is 0.213. The molecule has 1 saturated heterocycles. The molecule has 1 fully saturated rings. The van der Waals surface area contributed by atoms with E-state index in [1.165, 1.54) is 0 Å². The maximum Gasteiger partial charge on any atom is 0.326 e. The van der Waals surface area contributed by atoms with Crippen molar-refractivity contribution in [3.05, 3.63) is 89.5 Å². The standard InChI is InChI=1S/C32H38N2O6S2/c1-22-9-7-8-12-27(22)29-17-23(13-14-28(29)31(35)33-30(32(36)37)15-16-42(3,38)39)19-34-20-26(41-2)18-24(34)21-40-25-10-5-4-6-11-25/h4-14,17,24,26,30H,15-16,18-21H2,1-3H3,(H,33,35)(H,36,37)/t24-,26?,30?/m0/s1. The Bertz CT molecular complexity index is 1500. The van der Waals surface area contributed by atoms with Crippen LogP contribution in [0.1, 0.15) is 34.3 Å². The van der Waals surface area contributed by atoms with Crippen LogP contribution < -0.4 is 10.1 Å². The molecule has 0 saturated carbocycles. The maximum absolute atomic E-state index is 13.4. The van der Waals surface area contributed by atoms with Crippen LogP contribution in [-0.4, -0.2) is 79.1 Å². The van der Waals surface area contributed by atoms with Gasteiger partial charge in [0.25, 0.3) is 5.91 Å². The molecule has 224 valence electrons. The topological polar surface area (TPSA) is 113 Å². The largest absolute Gasteiger partial charge is 0.492 e. The van der Waals surface area contributed by atoms with Crippen LogP contribution in [0.2, 0.25) is 0 Å². The molecule has 8 nitrogen and oxygen atoms in total. The Labute approximate surface area is 252 Å². The molecule has 1 aliphatic rings. The van der Waals surface area contributed by atoms with Crippen molar-refractivity contribution in [2.24, 2.45) is 0 Å². The Hall–Kier alpha value is -3.34. The van der Waals surface area contributed by atoms with Crippen molar-refractivity contribution >= 4 is 33.5 Å². The summed E-state index contributed by atoms with van der Waals surface area (Å²) in [6.45, 7) is 4.14. The highest BCUT2D eigenvalue weighted by Crippen LogP contribution is 2.32. The third-order valence-corrected chi connectivity index (χ3v) is 9.52. The van der Waals surface area contributed by atoms with Crippen LogP contribution in [-0.2, 0) is 21.2 Å². The number of carbonyl (C=O) groups excluding carboxylic acids is 1. The van der Waals surface area contributed by atoms with Crippen LogP contribution in [0.3, 0.4) is 0 Å². The molecule has 0 aromatic heterocycles. The number of hydrogen-bond acceptors (Lipinski definition) is 7. The number of aliphatic carboxylic acids is 1. The Morgan fingerprint density at radius 1 is 1.07 bits per heavy atom. The number of carboxylic acids is 1. The fraction of sp³-hybridized carbons (Fsp3) is 0.375. The van der Waals surface area contributed by atoms with Gasteiger partial charge >= 0.3 is 5.97 Å². The van der Waals surface area contributed by atoms with Gasteiger partial charge in [0.2, 0.25) is 0 Å². The molecule has 2 unspecified atom stereocenters. The van der Waals surface area contributed by atoms with Crippen LogP contribution >= 0.6 is 11.8 Å². The first-order valence-corrected chi connectivity index (χ1v) is 17.2. The molecule has 1 aliphatic heterocycles. The molecule has 0 aliphatic carbocycles. The van der Waals surface area contributed by atoms with Gasteiger partial charge < -0.3 is 15.2 Å². The fourth-order valence-electron chi connectivity index (χ4n) is 5.23. The summed E-state index contributed by atoms with van der Waals surface area (Å²) in [5.74, 6) is -1.32. The molecule has 1 amide bonds. The number of nitrogens with zero attached hydrogens (tertiary/aromatic N) is 1. The summed E-state index contributed by atoms with van der Waals surface area (Å²) < 4.78 is 29.4. The van der Waals surface area contributed by atoms with E-state index in [1.807, 2.05) is 85.4 Å². The highest BCUT2D eigenvalue weighted by atomic mass is 32.2. The van der Waals surface area contributed by atoms with E-state index in [0.717, 1.165) is 41.7 Å². The molecule has 0 bridgehead atoms. The van der Waals surface area contributed by atoms with Crippen LogP contribution in [0.4, 0.5) is 0 Å². The number of rotatable bonds is 13. The van der Waals surface area contributed by atoms with Crippen molar-refractivity contribution in [2.75, 3.05) is 31.4 Å². The summed E-state index contributed by atoms with van der Waals surface area (Å²) in [6, 6.07) is 22.1. The molecule has 0 radical (unpaired) electrons. The number of ether oxygens (including phenoxy) is 1. The summed E-state index contributed by atoms with van der Waals surface area (Å²) in [5.41, 5.74) is 3.93. The summed E-state index contributed by atoms with van der Waals surface area (Å²) in [7, 11) is -3.39. The first-order valence-electron chi connectivity index (χ1n) is 13.9. The van der Waals surface area contributed by atoms with E-state index in [9.17, 15) is 23.1 Å². The minimum atomic E-state index is -3.39. The Morgan fingerprint density at radius 2 is 1.79 bits per heavy atom. The van der Waals surface area contributed by atoms with Crippen molar-refractivity contribution in [3.8, 4) is 16.9 Å². The molecule has 3 atom stereocenters. The Balaban J connectivity index is 1.59. The van der Waals surface area contributed by atoms with E-state index in [0.29, 0.717) is 29.5 Å². The number of thioether (sulfide) groups is 1. The van der Waals surface area contributed by atoms with E-state index < -0.39 is 27.8 Å². The quantitative estimate of drug-likeness (QED) is 0.287. The van der Waals surface area contributed by atoms with Gasteiger partial charge in [-0.15, -0.1) is 0 Å². The predicted octanol–water partition coefficient (Wildman–Crippen LogP) is 4.66. The van der Waals surface area contributed by atoms with Crippen LogP contribution in [0.25, 0.3) is 11.1 Å². The van der Waals surface area contributed by atoms with Crippen molar-refractivity contribution in [1.82, 2.24) is 10.2 Å². The predicted molar refractivity (Wildman–Crippen MR) is 168 cm³/mol. The summed E-state index contributed by atoms with van der Waals surface area (Å²) >= 11 is 1.86. The lowest BCUT2D eigenvalue weighted by Crippen LogP contribution is -2.42. The van der Waals surface area contributed by atoms with E-state index >= 15 is 0 Å². The van der Waals surface area contributed by atoms with Gasteiger partial charge in [0.05, 0.1) is 5.75 Å². The smallest absolute Gasteiger partial charge is 0.326 e. The number of benzene rings is 3. The van der Waals surface area contributed by atoms with Crippen molar-refractivity contribution in [3.63, 3.8) is 0 Å². The van der Waals surface area contributed by atoms with Crippen LogP contribution in [0, 0.1) is 6.92 Å². The number of nitrogens with one attached hydrogen (secondary N) is 1. The van der Waals surface area contributed by atoms with Gasteiger partial charge in [0, 0.05) is 36.2 Å². The van der Waals surface area contributed by atoms with Crippen molar-refractivity contribution in [2.45, 2.75) is 43.6 Å². The van der Waals surface area contributed by atoms with Gasteiger partial charge in [0.1, 0.15) is 28.2 Å². The van der Waals surface area contributed by atoms with E-state index in [1.54, 1.807) is 6.07 Å². The molecular weight excluding hydrogens is 572 g/mol. The average molecular weight is 611 g/mol. The zero-order chi connectivity index (χ0) is 30.3. The van der Waals surface area contributed by atoms with Gasteiger partial charge in [-0.1, -0.05) is 48.5 Å². The lowest BCUT2D eigenvalue weighted by molar-refractivity contribution is -0.139. The van der Waals surface area contributed by atoms with Crippen LogP contribution in [0.5, 0.6) is 5.75 Å². The summed E-state index contributed by atoms with van der Waals surface area (Å²) in [4.78, 5) is 27.7. The number of carboxylic acid groups (broad SMARTS) is 1. The zero-order valence-electron chi connectivity index (χ0n) is 24.2. The number of carbonyl (C=O) groups is 2. The number of amides is 1. The van der Waals surface area contributed by atoms with Gasteiger partial charge in [-0.25, -0.2) is 13.2 Å². The van der Waals surface area contributed by atoms with E-state index in [4.69, 9.17) is 4.74 Å². The third kappa shape index (κ3) is 8.59. The highest BCUT2D eigenvalue weighted by molar-refractivity contribution is 7.99. The monoisotopic (exact) mass is 610 g/mol. The second-order valence-corrected chi connectivity index (χ2v) is 14.2. The fourth-order valence-corrected chi connectivity index (χ4v) is 6.65. The molecule has 4 rings (SSSR count). The van der Waals surface area contributed by atoms with Gasteiger partial charge in [-0.2, -0.15) is 11.8 Å². The Morgan fingerprint density at radius 3 is 2.45 bits per heavy atom. The van der Waals surface area contributed by atoms with Gasteiger partial charge in [-0.3, -0.25) is 9.69 Å². The van der Waals surface area contributed by atoms with E-state index in [2.05, 4.69) is 16.5 Å². The van der Waals surface area contributed by atoms with Gasteiger partial charge in [0.15, 0.2) is 0 Å². The normalized spacial score (nSPS) is 18.0. The lowest BCUT2D eigenvalue weighted by Gasteiger charge is -2.25. The third-order valence-electron chi connectivity index (χ3n) is 7.54. The second kappa shape index (κ2) is 14.2.